The maximum Gasteiger partial charge on any atom is 0.154 e. The first-order chi connectivity index (χ1) is 8.97. The van der Waals surface area contributed by atoms with Gasteiger partial charge in [-0.25, -0.2) is 8.42 Å². The zero-order chi connectivity index (χ0) is 15.3. The van der Waals surface area contributed by atoms with Gasteiger partial charge in [-0.1, -0.05) is 19.9 Å². The molecule has 0 aromatic heterocycles. The van der Waals surface area contributed by atoms with Gasteiger partial charge in [0.15, 0.2) is 9.84 Å². The second-order valence-corrected chi connectivity index (χ2v) is 9.70. The van der Waals surface area contributed by atoms with E-state index in [4.69, 9.17) is 16.3 Å². The van der Waals surface area contributed by atoms with E-state index in [1.807, 2.05) is 18.2 Å². The number of halogens is 1. The van der Waals surface area contributed by atoms with Gasteiger partial charge in [-0.2, -0.15) is 0 Å². The molecule has 2 rings (SSSR count). The number of hydrogen-bond acceptors (Lipinski definition) is 3. The first kappa shape index (κ1) is 15.6. The van der Waals surface area contributed by atoms with Crippen LogP contribution in [0.15, 0.2) is 18.2 Å². The molecule has 3 nitrogen and oxygen atoms in total. The Morgan fingerprint density at radius 2 is 1.95 bits per heavy atom. The fourth-order valence-electron chi connectivity index (χ4n) is 2.29. The summed E-state index contributed by atoms with van der Waals surface area (Å²) in [7, 11) is -3.26. The molecule has 0 amide bonds. The molecule has 0 N–H and O–H groups in total. The molecule has 20 heavy (non-hydrogen) atoms. The highest BCUT2D eigenvalue weighted by molar-refractivity contribution is 7.92. The maximum atomic E-state index is 11.9. The van der Waals surface area contributed by atoms with Crippen LogP contribution in [0.4, 0.5) is 0 Å². The van der Waals surface area contributed by atoms with Crippen LogP contribution in [0.2, 0.25) is 0 Å². The Hall–Kier alpha value is -0.740. The number of fused-ring (bicyclic) bond motifs is 1. The zero-order valence-electron chi connectivity index (χ0n) is 12.5. The molecule has 0 radical (unpaired) electrons. The minimum absolute atomic E-state index is 0.0722. The lowest BCUT2D eigenvalue weighted by Gasteiger charge is -2.29. The Kier molecular flexibility index (Phi) is 3.63. The molecule has 1 aliphatic rings. The Balaban J connectivity index is 2.46. The number of ether oxygens (including phenoxy) is 1. The van der Waals surface area contributed by atoms with Gasteiger partial charge in [0.2, 0.25) is 0 Å². The molecule has 1 atom stereocenters. The molecule has 1 aliphatic heterocycles. The fraction of sp³-hybridized carbons (Fsp3) is 0.600. The van der Waals surface area contributed by atoms with E-state index in [0.717, 1.165) is 16.9 Å². The third kappa shape index (κ3) is 2.44. The van der Waals surface area contributed by atoms with Crippen molar-refractivity contribution in [3.05, 3.63) is 29.3 Å². The Labute approximate surface area is 126 Å². The third-order valence-electron chi connectivity index (χ3n) is 4.18. The highest BCUT2D eigenvalue weighted by atomic mass is 35.5. The van der Waals surface area contributed by atoms with E-state index >= 15 is 0 Å². The van der Waals surface area contributed by atoms with Gasteiger partial charge in [-0.3, -0.25) is 0 Å². The summed E-state index contributed by atoms with van der Waals surface area (Å²) in [6, 6.07) is 5.71. The van der Waals surface area contributed by atoms with Crippen LogP contribution in [0.25, 0.3) is 0 Å². The van der Waals surface area contributed by atoms with Crippen molar-refractivity contribution < 1.29 is 13.2 Å². The minimum atomic E-state index is -3.26. The number of rotatable bonds is 3. The van der Waals surface area contributed by atoms with Gasteiger partial charge in [-0.15, -0.1) is 11.6 Å². The minimum Gasteiger partial charge on any atom is -0.492 e. The number of alkyl halides is 1. The molecule has 1 aromatic rings. The zero-order valence-corrected chi connectivity index (χ0v) is 14.1. The van der Waals surface area contributed by atoms with Crippen molar-refractivity contribution in [2.45, 2.75) is 43.2 Å². The van der Waals surface area contributed by atoms with Crippen molar-refractivity contribution in [3.8, 4) is 5.75 Å². The van der Waals surface area contributed by atoms with E-state index in [-0.39, 0.29) is 5.41 Å². The Bertz CT molecular complexity index is 633. The largest absolute Gasteiger partial charge is 0.492 e. The second kappa shape index (κ2) is 4.63. The van der Waals surface area contributed by atoms with Gasteiger partial charge in [-0.05, 0) is 31.5 Å². The van der Waals surface area contributed by atoms with Crippen LogP contribution >= 0.6 is 11.6 Å². The van der Waals surface area contributed by atoms with Gasteiger partial charge < -0.3 is 4.74 Å². The summed E-state index contributed by atoms with van der Waals surface area (Å²) in [6.45, 7) is 8.17. The molecule has 0 saturated carbocycles. The lowest BCUT2D eigenvalue weighted by atomic mass is 9.85. The van der Waals surface area contributed by atoms with E-state index in [1.54, 1.807) is 13.8 Å². The summed E-state index contributed by atoms with van der Waals surface area (Å²) in [5.74, 6) is 0.861. The molecule has 1 unspecified atom stereocenters. The maximum absolute atomic E-state index is 11.9. The van der Waals surface area contributed by atoms with Crippen molar-refractivity contribution in [1.82, 2.24) is 0 Å². The standard InChI is InChI=1S/C15H21ClO3S/c1-14(2)9-19-12-7-6-10(8-11(12)14)13(16)15(3,4)20(5,17)18/h6-8,13H,9H2,1-5H3. The molecule has 112 valence electrons. The molecule has 0 aliphatic carbocycles. The molecule has 1 heterocycles. The number of sulfone groups is 1. The van der Waals surface area contributed by atoms with Crippen molar-refractivity contribution >= 4 is 21.4 Å². The normalized spacial score (nSPS) is 19.3. The Morgan fingerprint density at radius 3 is 2.50 bits per heavy atom. The molecule has 1 aromatic carbocycles. The van der Waals surface area contributed by atoms with E-state index in [2.05, 4.69) is 13.8 Å². The average Bonchev–Trinajstić information content (AvgIpc) is 2.63. The van der Waals surface area contributed by atoms with Crippen molar-refractivity contribution in [3.63, 3.8) is 0 Å². The van der Waals surface area contributed by atoms with Crippen LogP contribution in [0.5, 0.6) is 5.75 Å². The first-order valence-electron chi connectivity index (χ1n) is 6.58. The fourth-order valence-corrected chi connectivity index (χ4v) is 3.42. The molecule has 0 spiro atoms. The van der Waals surface area contributed by atoms with Crippen LogP contribution in [-0.4, -0.2) is 26.0 Å². The van der Waals surface area contributed by atoms with E-state index in [0.29, 0.717) is 6.61 Å². The van der Waals surface area contributed by atoms with Crippen LogP contribution in [-0.2, 0) is 15.3 Å². The second-order valence-electron chi connectivity index (χ2n) is 6.67. The lowest BCUT2D eigenvalue weighted by molar-refractivity contribution is 0.291. The smallest absolute Gasteiger partial charge is 0.154 e. The summed E-state index contributed by atoms with van der Waals surface area (Å²) in [4.78, 5) is 0. The van der Waals surface area contributed by atoms with Gasteiger partial charge >= 0.3 is 0 Å². The van der Waals surface area contributed by atoms with Gasteiger partial charge in [0, 0.05) is 17.2 Å². The summed E-state index contributed by atoms with van der Waals surface area (Å²) in [6.07, 6.45) is 1.22. The quantitative estimate of drug-likeness (QED) is 0.802. The van der Waals surface area contributed by atoms with E-state index < -0.39 is 20.0 Å². The van der Waals surface area contributed by atoms with E-state index in [1.165, 1.54) is 6.26 Å². The molecule has 0 fully saturated rings. The van der Waals surface area contributed by atoms with E-state index in [9.17, 15) is 8.42 Å². The highest BCUT2D eigenvalue weighted by Gasteiger charge is 2.40. The number of benzene rings is 1. The SMILES string of the molecule is CC1(C)COc2ccc(C(Cl)C(C)(C)S(C)(=O)=O)cc21. The molecular weight excluding hydrogens is 296 g/mol. The monoisotopic (exact) mass is 316 g/mol. The van der Waals surface area contributed by atoms with Crippen molar-refractivity contribution in [2.24, 2.45) is 0 Å². The van der Waals surface area contributed by atoms with Crippen molar-refractivity contribution in [1.29, 1.82) is 0 Å². The summed E-state index contributed by atoms with van der Waals surface area (Å²) >= 11 is 6.46. The van der Waals surface area contributed by atoms with Crippen LogP contribution in [0, 0.1) is 0 Å². The first-order valence-corrected chi connectivity index (χ1v) is 8.90. The predicted octanol–water partition coefficient (Wildman–Crippen LogP) is 3.46. The summed E-state index contributed by atoms with van der Waals surface area (Å²) < 4.78 is 28.5. The highest BCUT2D eigenvalue weighted by Crippen LogP contribution is 2.43. The van der Waals surface area contributed by atoms with Crippen LogP contribution in [0.1, 0.15) is 44.2 Å². The van der Waals surface area contributed by atoms with Crippen LogP contribution in [0.3, 0.4) is 0 Å². The third-order valence-corrected chi connectivity index (χ3v) is 7.25. The van der Waals surface area contributed by atoms with Gasteiger partial charge in [0.25, 0.3) is 0 Å². The lowest BCUT2D eigenvalue weighted by Crippen LogP contribution is -2.35. The Morgan fingerprint density at radius 1 is 1.35 bits per heavy atom. The van der Waals surface area contributed by atoms with Gasteiger partial charge in [0.05, 0.1) is 16.7 Å². The average molecular weight is 317 g/mol. The summed E-state index contributed by atoms with van der Waals surface area (Å²) in [5.41, 5.74) is 1.83. The summed E-state index contributed by atoms with van der Waals surface area (Å²) in [5, 5.41) is -0.598. The van der Waals surface area contributed by atoms with Gasteiger partial charge in [0.1, 0.15) is 5.75 Å². The predicted molar refractivity (Wildman–Crippen MR) is 82.5 cm³/mol. The molecule has 5 heteroatoms. The topological polar surface area (TPSA) is 43.4 Å². The molecular formula is C15H21ClO3S. The number of hydrogen-bond donors (Lipinski definition) is 0. The molecule has 0 bridgehead atoms. The molecule has 0 saturated heterocycles. The van der Waals surface area contributed by atoms with Crippen LogP contribution < -0.4 is 4.74 Å². The van der Waals surface area contributed by atoms with Crippen molar-refractivity contribution in [2.75, 3.05) is 12.9 Å².